The third-order valence-electron chi connectivity index (χ3n) is 3.65. The van der Waals surface area contributed by atoms with Crippen LogP contribution in [-0.2, 0) is 9.53 Å². The van der Waals surface area contributed by atoms with E-state index in [9.17, 15) is 4.79 Å². The summed E-state index contributed by atoms with van der Waals surface area (Å²) in [4.78, 5) is 18.6. The summed E-state index contributed by atoms with van der Waals surface area (Å²) >= 11 is 3.47. The smallest absolute Gasteiger partial charge is 0.333 e. The van der Waals surface area contributed by atoms with Gasteiger partial charge >= 0.3 is 5.97 Å². The second-order valence-electron chi connectivity index (χ2n) is 5.07. The molecule has 0 aromatic heterocycles. The van der Waals surface area contributed by atoms with Crippen LogP contribution in [0.3, 0.4) is 0 Å². The van der Waals surface area contributed by atoms with Crippen LogP contribution in [0, 0.1) is 6.92 Å². The zero-order valence-electron chi connectivity index (χ0n) is 11.8. The molecule has 2 aliphatic rings. The fraction of sp³-hybridized carbons (Fsp3) is 0.250. The number of aryl methyl sites for hydroxylation is 1. The number of carbonyl (C=O) groups excluding carboxylic acids is 1. The van der Waals surface area contributed by atoms with Gasteiger partial charge in [0.25, 0.3) is 0 Å². The lowest BCUT2D eigenvalue weighted by Gasteiger charge is -2.28. The third-order valence-corrected chi connectivity index (χ3v) is 4.12. The second-order valence-corrected chi connectivity index (χ2v) is 5.98. The van der Waals surface area contributed by atoms with Crippen molar-refractivity contribution in [3.05, 3.63) is 58.2 Å². The Morgan fingerprint density at radius 1 is 1.29 bits per heavy atom. The van der Waals surface area contributed by atoms with Gasteiger partial charge < -0.3 is 9.64 Å². The molecule has 108 valence electrons. The van der Waals surface area contributed by atoms with E-state index in [-0.39, 0.29) is 12.0 Å². The molecule has 0 bridgehead atoms. The molecule has 4 nitrogen and oxygen atoms in total. The zero-order chi connectivity index (χ0) is 15.0. The molecule has 0 fully saturated rings. The van der Waals surface area contributed by atoms with Crippen LogP contribution in [0.1, 0.15) is 17.2 Å². The van der Waals surface area contributed by atoms with Crippen molar-refractivity contribution in [3.8, 4) is 0 Å². The van der Waals surface area contributed by atoms with Crippen LogP contribution in [0.2, 0.25) is 0 Å². The van der Waals surface area contributed by atoms with Crippen molar-refractivity contribution in [1.82, 2.24) is 4.90 Å². The minimum Gasteiger partial charge on any atom is -0.467 e. The number of amidine groups is 1. The highest BCUT2D eigenvalue weighted by Crippen LogP contribution is 2.36. The lowest BCUT2D eigenvalue weighted by atomic mass is 9.98. The first kappa shape index (κ1) is 14.1. The van der Waals surface area contributed by atoms with Crippen LogP contribution in [0.4, 0.5) is 0 Å². The molecule has 21 heavy (non-hydrogen) atoms. The summed E-state index contributed by atoms with van der Waals surface area (Å²) in [6.07, 6.45) is 5.77. The number of hydrogen-bond donors (Lipinski definition) is 0. The van der Waals surface area contributed by atoms with E-state index in [4.69, 9.17) is 4.74 Å². The first-order chi connectivity index (χ1) is 10.1. The van der Waals surface area contributed by atoms with Crippen molar-refractivity contribution in [2.24, 2.45) is 4.99 Å². The van der Waals surface area contributed by atoms with Gasteiger partial charge in [-0.15, -0.1) is 0 Å². The van der Waals surface area contributed by atoms with E-state index in [0.29, 0.717) is 0 Å². The SMILES string of the molecule is COC(=O)[C@@H]1N=C2C=CC(Br)=CN2[C@H]1c1ccc(C)cc1. The number of ether oxygens (including phenoxy) is 1. The number of fused-ring (bicyclic) bond motifs is 1. The van der Waals surface area contributed by atoms with Crippen LogP contribution < -0.4 is 0 Å². The molecule has 0 spiro atoms. The molecule has 3 rings (SSSR count). The van der Waals surface area contributed by atoms with Crippen molar-refractivity contribution in [3.63, 3.8) is 0 Å². The Labute approximate surface area is 131 Å². The van der Waals surface area contributed by atoms with Gasteiger partial charge in [-0.1, -0.05) is 29.8 Å². The molecule has 0 amide bonds. The number of nitrogens with zero attached hydrogens (tertiary/aromatic N) is 2. The number of methoxy groups -OCH3 is 1. The van der Waals surface area contributed by atoms with Crippen LogP contribution in [-0.4, -0.2) is 29.9 Å². The van der Waals surface area contributed by atoms with Gasteiger partial charge in [0.1, 0.15) is 5.84 Å². The Hall–Kier alpha value is -1.88. The molecule has 0 aliphatic carbocycles. The molecule has 0 saturated heterocycles. The van der Waals surface area contributed by atoms with Crippen molar-refractivity contribution in [2.45, 2.75) is 19.0 Å². The van der Waals surface area contributed by atoms with Gasteiger partial charge in [0.05, 0.1) is 13.2 Å². The maximum atomic E-state index is 12.1. The summed E-state index contributed by atoms with van der Waals surface area (Å²) in [7, 11) is 1.40. The summed E-state index contributed by atoms with van der Waals surface area (Å²) in [6, 6.07) is 7.43. The predicted octanol–water partition coefficient (Wildman–Crippen LogP) is 3.10. The van der Waals surface area contributed by atoms with Crippen LogP contribution >= 0.6 is 15.9 Å². The van der Waals surface area contributed by atoms with Gasteiger partial charge in [0, 0.05) is 10.7 Å². The van der Waals surface area contributed by atoms with Gasteiger partial charge in [-0.3, -0.25) is 4.99 Å². The highest BCUT2D eigenvalue weighted by molar-refractivity contribution is 9.11. The maximum Gasteiger partial charge on any atom is 0.333 e. The van der Waals surface area contributed by atoms with Gasteiger partial charge in [0.15, 0.2) is 6.04 Å². The van der Waals surface area contributed by atoms with Crippen molar-refractivity contribution in [1.29, 1.82) is 0 Å². The quantitative estimate of drug-likeness (QED) is 0.772. The summed E-state index contributed by atoms with van der Waals surface area (Å²) in [5, 5.41) is 0. The van der Waals surface area contributed by atoms with E-state index in [1.807, 2.05) is 54.4 Å². The summed E-state index contributed by atoms with van der Waals surface area (Å²) < 4.78 is 5.86. The number of benzene rings is 1. The Kier molecular flexibility index (Phi) is 3.68. The van der Waals surface area contributed by atoms with E-state index >= 15 is 0 Å². The van der Waals surface area contributed by atoms with Gasteiger partial charge in [0.2, 0.25) is 0 Å². The summed E-state index contributed by atoms with van der Waals surface area (Å²) in [5.41, 5.74) is 2.23. The second kappa shape index (κ2) is 5.48. The van der Waals surface area contributed by atoms with E-state index in [0.717, 1.165) is 15.9 Å². The van der Waals surface area contributed by atoms with Crippen molar-refractivity contribution < 1.29 is 9.53 Å². The predicted molar refractivity (Wildman–Crippen MR) is 85.1 cm³/mol. The molecular formula is C16H15BrN2O2. The van der Waals surface area contributed by atoms with Gasteiger partial charge in [-0.25, -0.2) is 4.79 Å². The minimum absolute atomic E-state index is 0.175. The lowest BCUT2D eigenvalue weighted by molar-refractivity contribution is -0.142. The Morgan fingerprint density at radius 2 is 2.00 bits per heavy atom. The van der Waals surface area contributed by atoms with E-state index in [1.165, 1.54) is 12.7 Å². The number of allylic oxidation sites excluding steroid dienone is 2. The largest absolute Gasteiger partial charge is 0.467 e. The van der Waals surface area contributed by atoms with E-state index < -0.39 is 6.04 Å². The molecule has 2 aliphatic heterocycles. The molecule has 0 saturated carbocycles. The topological polar surface area (TPSA) is 41.9 Å². The normalized spacial score (nSPS) is 23.5. The molecule has 0 unspecified atom stereocenters. The number of halogens is 1. The van der Waals surface area contributed by atoms with Crippen molar-refractivity contribution in [2.75, 3.05) is 7.11 Å². The first-order valence-electron chi connectivity index (χ1n) is 6.66. The molecule has 5 heteroatoms. The van der Waals surface area contributed by atoms with E-state index in [1.54, 1.807) is 0 Å². The minimum atomic E-state index is -0.549. The van der Waals surface area contributed by atoms with Crippen LogP contribution in [0.25, 0.3) is 0 Å². The number of esters is 1. The number of aliphatic imine (C=N–C) groups is 1. The molecule has 2 atom stereocenters. The van der Waals surface area contributed by atoms with E-state index in [2.05, 4.69) is 20.9 Å². The number of hydrogen-bond acceptors (Lipinski definition) is 4. The average Bonchev–Trinajstić information content (AvgIpc) is 2.86. The van der Waals surface area contributed by atoms with Crippen molar-refractivity contribution >= 4 is 27.7 Å². The molecule has 2 heterocycles. The standard InChI is InChI=1S/C16H15BrN2O2/c1-10-3-5-11(6-4-10)15-14(16(20)21-2)18-13-8-7-12(17)9-19(13)15/h3-9,14-15H,1-2H3/t14-,15+/m1/s1. The lowest BCUT2D eigenvalue weighted by Crippen LogP contribution is -2.33. The fourth-order valence-corrected chi connectivity index (χ4v) is 2.94. The molecule has 0 radical (unpaired) electrons. The molecule has 1 aromatic rings. The summed E-state index contributed by atoms with van der Waals surface area (Å²) in [6.45, 7) is 2.04. The number of carbonyl (C=O) groups is 1. The fourth-order valence-electron chi connectivity index (χ4n) is 2.59. The Morgan fingerprint density at radius 3 is 2.67 bits per heavy atom. The first-order valence-corrected chi connectivity index (χ1v) is 7.45. The molecule has 1 aromatic carbocycles. The van der Waals surface area contributed by atoms with Gasteiger partial charge in [-0.05, 0) is 40.6 Å². The molecular weight excluding hydrogens is 332 g/mol. The van der Waals surface area contributed by atoms with Crippen LogP contribution in [0.5, 0.6) is 0 Å². The Bertz CT molecular complexity index is 661. The highest BCUT2D eigenvalue weighted by atomic mass is 79.9. The van der Waals surface area contributed by atoms with Gasteiger partial charge in [-0.2, -0.15) is 0 Å². The zero-order valence-corrected chi connectivity index (χ0v) is 13.4. The molecule has 0 N–H and O–H groups in total. The van der Waals surface area contributed by atoms with Crippen LogP contribution in [0.15, 0.2) is 52.1 Å². The monoisotopic (exact) mass is 346 g/mol. The summed E-state index contributed by atoms with van der Waals surface area (Å²) in [5.74, 6) is 0.458. The third kappa shape index (κ3) is 2.53. The number of rotatable bonds is 2. The Balaban J connectivity index is 2.04. The maximum absolute atomic E-state index is 12.1. The average molecular weight is 347 g/mol. The highest BCUT2D eigenvalue weighted by Gasteiger charge is 2.41.